The van der Waals surface area contributed by atoms with Crippen LogP contribution in [0.3, 0.4) is 0 Å². The maximum absolute atomic E-state index is 6.06. The first-order chi connectivity index (χ1) is 8.82. The van der Waals surface area contributed by atoms with Crippen LogP contribution in [-0.2, 0) is 11.4 Å². The van der Waals surface area contributed by atoms with Crippen LogP contribution in [-0.4, -0.2) is 9.78 Å². The molecule has 0 aliphatic rings. The number of benzene rings is 1. The Labute approximate surface area is 120 Å². The maximum atomic E-state index is 6.06. The highest BCUT2D eigenvalue weighted by molar-refractivity contribution is 6.17. The van der Waals surface area contributed by atoms with Crippen LogP contribution < -0.4 is 0 Å². The summed E-state index contributed by atoms with van der Waals surface area (Å²) in [4.78, 5) is 0. The fraction of sp³-hybridized carbons (Fsp3) is 0.438. The molecule has 0 amide bonds. The predicted molar refractivity (Wildman–Crippen MR) is 81.7 cm³/mol. The molecule has 3 heteroatoms. The van der Waals surface area contributed by atoms with E-state index in [0.29, 0.717) is 5.88 Å². The molecule has 0 aliphatic heterocycles. The second kappa shape index (κ2) is 5.01. The topological polar surface area (TPSA) is 17.8 Å². The van der Waals surface area contributed by atoms with Crippen molar-refractivity contribution in [3.8, 4) is 11.3 Å². The van der Waals surface area contributed by atoms with Gasteiger partial charge < -0.3 is 0 Å². The number of alkyl halides is 1. The van der Waals surface area contributed by atoms with E-state index in [0.717, 1.165) is 16.8 Å². The van der Waals surface area contributed by atoms with Gasteiger partial charge in [0.05, 0.1) is 17.1 Å². The van der Waals surface area contributed by atoms with E-state index in [1.165, 1.54) is 11.1 Å². The van der Waals surface area contributed by atoms with Gasteiger partial charge in [-0.1, -0.05) is 12.1 Å². The quantitative estimate of drug-likeness (QED) is 0.730. The van der Waals surface area contributed by atoms with Crippen LogP contribution in [0.5, 0.6) is 0 Å². The van der Waals surface area contributed by atoms with Crippen molar-refractivity contribution in [2.75, 3.05) is 0 Å². The molecule has 1 aromatic heterocycles. The van der Waals surface area contributed by atoms with E-state index in [4.69, 9.17) is 16.7 Å². The summed E-state index contributed by atoms with van der Waals surface area (Å²) in [6.45, 7) is 10.7. The van der Waals surface area contributed by atoms with Crippen molar-refractivity contribution in [1.29, 1.82) is 0 Å². The minimum atomic E-state index is -0.0290. The summed E-state index contributed by atoms with van der Waals surface area (Å²) in [5, 5.41) is 4.73. The fourth-order valence-electron chi connectivity index (χ4n) is 1.98. The molecule has 0 aliphatic carbocycles. The first kappa shape index (κ1) is 14.1. The van der Waals surface area contributed by atoms with E-state index < -0.39 is 0 Å². The number of hydrogen-bond acceptors (Lipinski definition) is 1. The lowest BCUT2D eigenvalue weighted by atomic mass is 10.0. The third kappa shape index (κ3) is 2.84. The molecule has 102 valence electrons. The van der Waals surface area contributed by atoms with Gasteiger partial charge in [0.25, 0.3) is 0 Å². The van der Waals surface area contributed by atoms with Crippen LogP contribution in [0.2, 0.25) is 0 Å². The summed E-state index contributed by atoms with van der Waals surface area (Å²) in [7, 11) is 0. The molecule has 0 atom stereocenters. The van der Waals surface area contributed by atoms with Crippen LogP contribution in [0.4, 0.5) is 0 Å². The molecule has 0 N–H and O–H groups in total. The Morgan fingerprint density at radius 2 is 1.84 bits per heavy atom. The van der Waals surface area contributed by atoms with E-state index in [2.05, 4.69) is 59.0 Å². The number of nitrogens with zero attached hydrogens (tertiary/aromatic N) is 2. The van der Waals surface area contributed by atoms with Gasteiger partial charge in [-0.2, -0.15) is 5.10 Å². The molecule has 2 aromatic rings. The van der Waals surface area contributed by atoms with Crippen LogP contribution in [0.1, 0.15) is 37.5 Å². The Morgan fingerprint density at radius 3 is 2.37 bits per heavy atom. The van der Waals surface area contributed by atoms with Crippen LogP contribution in [0.25, 0.3) is 11.3 Å². The molecule has 0 fully saturated rings. The molecule has 1 heterocycles. The molecule has 0 unspecified atom stereocenters. The highest BCUT2D eigenvalue weighted by Crippen LogP contribution is 2.27. The molecular weight excluding hydrogens is 256 g/mol. The number of aryl methyl sites for hydroxylation is 2. The molecule has 19 heavy (non-hydrogen) atoms. The summed E-state index contributed by atoms with van der Waals surface area (Å²) >= 11 is 6.06. The second-order valence-electron chi connectivity index (χ2n) is 6.05. The zero-order valence-electron chi connectivity index (χ0n) is 12.3. The molecule has 0 radical (unpaired) electrons. The Balaban J connectivity index is 2.54. The minimum absolute atomic E-state index is 0.0290. The van der Waals surface area contributed by atoms with Crippen LogP contribution in [0, 0.1) is 13.8 Å². The Bertz CT molecular complexity index is 591. The molecule has 0 saturated heterocycles. The summed E-state index contributed by atoms with van der Waals surface area (Å²) in [5.41, 5.74) is 5.77. The number of rotatable bonds is 2. The normalized spacial score (nSPS) is 11.9. The average Bonchev–Trinajstić information content (AvgIpc) is 2.76. The Morgan fingerprint density at radius 1 is 1.16 bits per heavy atom. The number of hydrogen-bond donors (Lipinski definition) is 0. The van der Waals surface area contributed by atoms with Crippen molar-refractivity contribution >= 4 is 11.6 Å². The Hall–Kier alpha value is -1.28. The van der Waals surface area contributed by atoms with E-state index in [1.54, 1.807) is 0 Å². The van der Waals surface area contributed by atoms with Crippen LogP contribution in [0.15, 0.2) is 24.4 Å². The van der Waals surface area contributed by atoms with Gasteiger partial charge in [0.1, 0.15) is 0 Å². The first-order valence-electron chi connectivity index (χ1n) is 6.55. The van der Waals surface area contributed by atoms with E-state index >= 15 is 0 Å². The SMILES string of the molecule is Cc1ccc(-c2nn(C(C)(C)C)cc2CCl)cc1C. The standard InChI is InChI=1S/C16H21ClN2/c1-11-6-7-13(8-12(11)2)15-14(9-17)10-19(18-15)16(3,4)5/h6-8,10H,9H2,1-5H3. The maximum Gasteiger partial charge on any atom is 0.0967 e. The molecule has 0 spiro atoms. The van der Waals surface area contributed by atoms with Crippen LogP contribution >= 0.6 is 11.6 Å². The van der Waals surface area contributed by atoms with Crippen molar-refractivity contribution in [3.05, 3.63) is 41.1 Å². The zero-order valence-corrected chi connectivity index (χ0v) is 13.0. The van der Waals surface area contributed by atoms with E-state index in [-0.39, 0.29) is 5.54 Å². The highest BCUT2D eigenvalue weighted by atomic mass is 35.5. The summed E-state index contributed by atoms with van der Waals surface area (Å²) in [6, 6.07) is 6.44. The largest absolute Gasteiger partial charge is 0.267 e. The second-order valence-corrected chi connectivity index (χ2v) is 6.32. The van der Waals surface area contributed by atoms with Gasteiger partial charge in [-0.15, -0.1) is 11.6 Å². The first-order valence-corrected chi connectivity index (χ1v) is 7.09. The van der Waals surface area contributed by atoms with Crippen molar-refractivity contribution in [2.45, 2.75) is 46.0 Å². The average molecular weight is 277 g/mol. The fourth-order valence-corrected chi connectivity index (χ4v) is 2.18. The Kier molecular flexibility index (Phi) is 3.73. The molecule has 0 saturated carbocycles. The summed E-state index contributed by atoms with van der Waals surface area (Å²) in [6.07, 6.45) is 2.05. The third-order valence-corrected chi connectivity index (χ3v) is 3.69. The van der Waals surface area contributed by atoms with Crippen molar-refractivity contribution in [1.82, 2.24) is 9.78 Å². The third-order valence-electron chi connectivity index (χ3n) is 3.40. The van der Waals surface area contributed by atoms with Gasteiger partial charge in [-0.25, -0.2) is 0 Å². The van der Waals surface area contributed by atoms with Gasteiger partial charge in [-0.3, -0.25) is 4.68 Å². The van der Waals surface area contributed by atoms with E-state index in [1.807, 2.05) is 4.68 Å². The number of halogens is 1. The van der Waals surface area contributed by atoms with Gasteiger partial charge in [0, 0.05) is 17.3 Å². The van der Waals surface area contributed by atoms with Gasteiger partial charge in [0.2, 0.25) is 0 Å². The predicted octanol–water partition coefficient (Wildman–Crippen LogP) is 4.66. The van der Waals surface area contributed by atoms with Gasteiger partial charge in [-0.05, 0) is 51.8 Å². The highest BCUT2D eigenvalue weighted by Gasteiger charge is 2.18. The molecule has 1 aromatic carbocycles. The monoisotopic (exact) mass is 276 g/mol. The lowest BCUT2D eigenvalue weighted by Gasteiger charge is -2.18. The number of aromatic nitrogens is 2. The molecular formula is C16H21ClN2. The molecule has 2 rings (SSSR count). The van der Waals surface area contributed by atoms with Gasteiger partial charge >= 0.3 is 0 Å². The smallest absolute Gasteiger partial charge is 0.0967 e. The molecule has 2 nitrogen and oxygen atoms in total. The van der Waals surface area contributed by atoms with Crippen molar-refractivity contribution in [2.24, 2.45) is 0 Å². The molecule has 0 bridgehead atoms. The minimum Gasteiger partial charge on any atom is -0.267 e. The summed E-state index contributed by atoms with van der Waals surface area (Å²) < 4.78 is 2.00. The van der Waals surface area contributed by atoms with Gasteiger partial charge in [0.15, 0.2) is 0 Å². The zero-order chi connectivity index (χ0) is 14.2. The lowest BCUT2D eigenvalue weighted by Crippen LogP contribution is -2.22. The summed E-state index contributed by atoms with van der Waals surface area (Å²) in [5.74, 6) is 0.484. The van der Waals surface area contributed by atoms with Crippen molar-refractivity contribution < 1.29 is 0 Å². The lowest BCUT2D eigenvalue weighted by molar-refractivity contribution is 0.356. The van der Waals surface area contributed by atoms with E-state index in [9.17, 15) is 0 Å². The van der Waals surface area contributed by atoms with Crippen molar-refractivity contribution in [3.63, 3.8) is 0 Å².